The van der Waals surface area contributed by atoms with E-state index in [2.05, 4.69) is 109 Å². The third kappa shape index (κ3) is 5.16. The van der Waals surface area contributed by atoms with E-state index in [9.17, 15) is 0 Å². The van der Waals surface area contributed by atoms with E-state index in [1.807, 2.05) is 30.3 Å². The minimum atomic E-state index is 0. The SMILES string of the molecule is Cc1ccccc1[NH+]=c1ccc2c(-c3ccccc3C)c3ccc(Nc4[c-]cccc4)cc3oc-2c1.[Y]. The fourth-order valence-corrected chi connectivity index (χ4v) is 4.68. The Kier molecular flexibility index (Phi) is 7.37. The fraction of sp³-hybridized carbons (Fsp3) is 0.0606. The van der Waals surface area contributed by atoms with Crippen molar-refractivity contribution < 1.29 is 42.1 Å². The Bertz CT molecular complexity index is 1740. The Balaban J connectivity index is 0.00000280. The van der Waals surface area contributed by atoms with Gasteiger partial charge in [0.1, 0.15) is 11.3 Å². The first kappa shape index (κ1) is 25.1. The van der Waals surface area contributed by atoms with Crippen LogP contribution in [0, 0.1) is 19.9 Å². The number of hydrogen-bond acceptors (Lipinski definition) is 2. The summed E-state index contributed by atoms with van der Waals surface area (Å²) in [5.41, 5.74) is 9.70. The van der Waals surface area contributed by atoms with Crippen LogP contribution in [0.25, 0.3) is 33.4 Å². The number of hydrogen-bond donors (Lipinski definition) is 2. The molecule has 4 aromatic carbocycles. The van der Waals surface area contributed by atoms with Crippen molar-refractivity contribution in [3.8, 4) is 22.5 Å². The largest absolute Gasteiger partial charge is 0.456 e. The smallest absolute Gasteiger partial charge is 0.207 e. The van der Waals surface area contributed by atoms with Crippen LogP contribution < -0.4 is 15.7 Å². The molecule has 0 saturated heterocycles. The van der Waals surface area contributed by atoms with Crippen molar-refractivity contribution in [2.75, 3.05) is 5.32 Å². The maximum absolute atomic E-state index is 6.54. The van der Waals surface area contributed by atoms with Crippen LogP contribution in [-0.4, -0.2) is 0 Å². The summed E-state index contributed by atoms with van der Waals surface area (Å²) in [6.45, 7) is 4.27. The molecule has 3 nitrogen and oxygen atoms in total. The molecule has 0 amide bonds. The molecule has 0 aromatic heterocycles. The molecule has 2 aliphatic rings. The van der Waals surface area contributed by atoms with Crippen molar-refractivity contribution >= 4 is 28.0 Å². The number of anilines is 2. The van der Waals surface area contributed by atoms with Crippen LogP contribution in [0.4, 0.5) is 17.1 Å². The van der Waals surface area contributed by atoms with Crippen molar-refractivity contribution in [2.45, 2.75) is 13.8 Å². The van der Waals surface area contributed by atoms with Crippen LogP contribution in [0.5, 0.6) is 0 Å². The minimum absolute atomic E-state index is 0. The van der Waals surface area contributed by atoms with Gasteiger partial charge in [-0.1, -0.05) is 48.2 Å². The molecule has 0 bridgehead atoms. The minimum Gasteiger partial charge on any atom is -0.456 e. The predicted octanol–water partition coefficient (Wildman–Crippen LogP) is 6.68. The molecule has 0 atom stereocenters. The summed E-state index contributed by atoms with van der Waals surface area (Å²) in [5, 5.41) is 5.51. The molecule has 0 spiro atoms. The first-order valence-electron chi connectivity index (χ1n) is 12.1. The molecule has 1 aliphatic carbocycles. The molecule has 4 aromatic rings. The third-order valence-electron chi connectivity index (χ3n) is 6.55. The van der Waals surface area contributed by atoms with Gasteiger partial charge in [-0.15, -0.1) is 6.07 Å². The van der Waals surface area contributed by atoms with Gasteiger partial charge in [-0.3, -0.25) is 0 Å². The fourth-order valence-electron chi connectivity index (χ4n) is 4.68. The van der Waals surface area contributed by atoms with Gasteiger partial charge < -0.3 is 9.73 Å². The van der Waals surface area contributed by atoms with Crippen LogP contribution in [0.1, 0.15) is 11.1 Å². The summed E-state index contributed by atoms with van der Waals surface area (Å²) in [4.78, 5) is 3.55. The van der Waals surface area contributed by atoms with Gasteiger partial charge in [-0.05, 0) is 43.2 Å². The van der Waals surface area contributed by atoms with Crippen molar-refractivity contribution in [1.29, 1.82) is 0 Å². The summed E-state index contributed by atoms with van der Waals surface area (Å²) in [6.07, 6.45) is 0. The number of aryl methyl sites for hydroxylation is 2. The number of nitrogens with one attached hydrogen (secondary N) is 2. The van der Waals surface area contributed by atoms with Gasteiger partial charge in [-0.2, -0.15) is 24.3 Å². The van der Waals surface area contributed by atoms with Crippen molar-refractivity contribution in [3.63, 3.8) is 0 Å². The van der Waals surface area contributed by atoms with E-state index in [1.54, 1.807) is 0 Å². The Labute approximate surface area is 242 Å². The molecule has 177 valence electrons. The first-order chi connectivity index (χ1) is 17.7. The van der Waals surface area contributed by atoms with Crippen molar-refractivity contribution in [3.05, 3.63) is 132 Å². The molecule has 0 unspecified atom stereocenters. The molecule has 4 heteroatoms. The first-order valence-corrected chi connectivity index (χ1v) is 12.1. The Hall–Kier alpha value is -3.53. The molecule has 1 radical (unpaired) electrons. The average Bonchev–Trinajstić information content (AvgIpc) is 2.90. The summed E-state index contributed by atoms with van der Waals surface area (Å²) >= 11 is 0. The number of rotatable bonds is 4. The van der Waals surface area contributed by atoms with Crippen molar-refractivity contribution in [1.82, 2.24) is 0 Å². The second-order valence-electron chi connectivity index (χ2n) is 9.06. The van der Waals surface area contributed by atoms with Crippen LogP contribution >= 0.6 is 0 Å². The van der Waals surface area contributed by atoms with Gasteiger partial charge in [0.25, 0.3) is 0 Å². The van der Waals surface area contributed by atoms with Crippen LogP contribution in [0.3, 0.4) is 0 Å². The van der Waals surface area contributed by atoms with E-state index in [1.165, 1.54) is 22.3 Å². The van der Waals surface area contributed by atoms with Crippen molar-refractivity contribution in [2.24, 2.45) is 0 Å². The Morgan fingerprint density at radius 3 is 2.30 bits per heavy atom. The topological polar surface area (TPSA) is 39.1 Å². The van der Waals surface area contributed by atoms with Gasteiger partial charge in [-0.25, -0.2) is 4.99 Å². The summed E-state index contributed by atoms with van der Waals surface area (Å²) < 4.78 is 6.54. The molecule has 2 N–H and O–H groups in total. The maximum Gasteiger partial charge on any atom is 0.207 e. The molecular weight excluding hydrogens is 529 g/mol. The van der Waals surface area contributed by atoms with E-state index in [0.29, 0.717) is 0 Å². The van der Waals surface area contributed by atoms with Crippen LogP contribution in [-0.2, 0) is 32.7 Å². The van der Waals surface area contributed by atoms with E-state index in [-0.39, 0.29) is 32.7 Å². The van der Waals surface area contributed by atoms with E-state index >= 15 is 0 Å². The number of para-hydroxylation sites is 2. The number of benzene rings is 5. The number of fused-ring (bicyclic) bond motifs is 2. The third-order valence-corrected chi connectivity index (χ3v) is 6.55. The zero-order valence-corrected chi connectivity index (χ0v) is 23.7. The molecule has 1 heterocycles. The van der Waals surface area contributed by atoms with E-state index in [4.69, 9.17) is 4.42 Å². The zero-order valence-electron chi connectivity index (χ0n) is 20.9. The Morgan fingerprint density at radius 1 is 0.730 bits per heavy atom. The summed E-state index contributed by atoms with van der Waals surface area (Å²) in [6, 6.07) is 40.6. The standard InChI is InChI=1S/C33H25N2O.Y/c1-22-10-6-8-14-27(22)33-28-18-16-25(34-24-12-4-3-5-13-24)20-31(28)36-32-21-26(17-19-29(32)33)35-30-15-9-7-11-23(30)2;/h3-12,14-21,34H,1-2H3;/q-1;/p+1. The summed E-state index contributed by atoms with van der Waals surface area (Å²) in [5.74, 6) is 0.836. The molecule has 37 heavy (non-hydrogen) atoms. The molecule has 6 rings (SSSR count). The van der Waals surface area contributed by atoms with Crippen LogP contribution in [0.2, 0.25) is 0 Å². The quantitative estimate of drug-likeness (QED) is 0.188. The van der Waals surface area contributed by atoms with Gasteiger partial charge in [0, 0.05) is 78.7 Å². The van der Waals surface area contributed by atoms with E-state index in [0.717, 1.165) is 44.7 Å². The van der Waals surface area contributed by atoms with Gasteiger partial charge in [0.2, 0.25) is 11.0 Å². The second kappa shape index (κ2) is 10.8. The van der Waals surface area contributed by atoms with E-state index < -0.39 is 0 Å². The predicted molar refractivity (Wildman–Crippen MR) is 147 cm³/mol. The maximum atomic E-state index is 6.54. The molecule has 1 aliphatic heterocycles. The van der Waals surface area contributed by atoms with Gasteiger partial charge >= 0.3 is 0 Å². The monoisotopic (exact) mass is 555 g/mol. The van der Waals surface area contributed by atoms with Crippen LogP contribution in [0.15, 0.2) is 114 Å². The Morgan fingerprint density at radius 2 is 1.51 bits per heavy atom. The molecular formula is C33H26N2OY. The van der Waals surface area contributed by atoms with Gasteiger partial charge in [0.15, 0.2) is 0 Å². The summed E-state index contributed by atoms with van der Waals surface area (Å²) in [7, 11) is 0. The average molecular weight is 555 g/mol. The normalized spacial score (nSPS) is 11.5. The van der Waals surface area contributed by atoms with Gasteiger partial charge in [0.05, 0.1) is 6.07 Å². The second-order valence-corrected chi connectivity index (χ2v) is 9.06. The molecule has 0 saturated carbocycles. The molecule has 0 fully saturated rings. The zero-order chi connectivity index (χ0) is 24.5.